The van der Waals surface area contributed by atoms with Crippen molar-refractivity contribution in [3.05, 3.63) is 30.2 Å². The third kappa shape index (κ3) is 1.25. The molecule has 5 heteroatoms. The second-order valence-corrected chi connectivity index (χ2v) is 2.51. The van der Waals surface area contributed by atoms with Gasteiger partial charge in [-0.25, -0.2) is 10.8 Å². The molecule has 0 saturated carbocycles. The van der Waals surface area contributed by atoms with Crippen LogP contribution in [0.3, 0.4) is 0 Å². The van der Waals surface area contributed by atoms with Crippen molar-refractivity contribution in [3.63, 3.8) is 0 Å². The predicted molar refractivity (Wildman–Crippen MR) is 45.7 cm³/mol. The number of nitrogens with one attached hydrogen (secondary N) is 1. The molecule has 66 valence electrons. The molecule has 0 saturated heterocycles. The first-order valence-corrected chi connectivity index (χ1v) is 3.65. The molecule has 1 aromatic heterocycles. The van der Waals surface area contributed by atoms with E-state index >= 15 is 0 Å². The van der Waals surface area contributed by atoms with E-state index in [1.807, 2.05) is 5.43 Å². The lowest BCUT2D eigenvalue weighted by Crippen LogP contribution is -2.29. The third-order valence-corrected chi connectivity index (χ3v) is 1.72. The molecule has 0 unspecified atom stereocenters. The number of nitrogens with zero attached hydrogens (tertiary/aromatic N) is 1. The van der Waals surface area contributed by atoms with Gasteiger partial charge >= 0.3 is 0 Å². The van der Waals surface area contributed by atoms with Crippen LogP contribution >= 0.6 is 0 Å². The van der Waals surface area contributed by atoms with Gasteiger partial charge in [-0.05, 0) is 18.2 Å². The Kier molecular flexibility index (Phi) is 1.71. The summed E-state index contributed by atoms with van der Waals surface area (Å²) in [5.41, 5.74) is 3.79. The monoisotopic (exact) mass is 177 g/mol. The summed E-state index contributed by atoms with van der Waals surface area (Å²) in [5.74, 6) is 4.64. The minimum Gasteiger partial charge on any atom is -0.443 e. The molecule has 0 fully saturated rings. The number of carbonyl (C=O) groups excluding carboxylic acids is 1. The van der Waals surface area contributed by atoms with Crippen molar-refractivity contribution in [1.82, 2.24) is 10.4 Å². The van der Waals surface area contributed by atoms with Crippen LogP contribution < -0.4 is 11.3 Å². The van der Waals surface area contributed by atoms with Crippen LogP contribution in [0.2, 0.25) is 0 Å². The Hall–Kier alpha value is -1.88. The molecular formula is C8H7N3O2. The molecule has 0 radical (unpaired) electrons. The second-order valence-electron chi connectivity index (χ2n) is 2.51. The van der Waals surface area contributed by atoms with Gasteiger partial charge in [-0.15, -0.1) is 0 Å². The average molecular weight is 177 g/mol. The van der Waals surface area contributed by atoms with E-state index in [9.17, 15) is 4.79 Å². The van der Waals surface area contributed by atoms with E-state index in [1.165, 1.54) is 6.39 Å². The molecule has 1 heterocycles. The summed E-state index contributed by atoms with van der Waals surface area (Å²) < 4.78 is 5.01. The molecule has 0 aliphatic rings. The molecule has 0 aliphatic carbocycles. The molecule has 2 aromatic rings. The van der Waals surface area contributed by atoms with Crippen LogP contribution in [0.25, 0.3) is 11.1 Å². The van der Waals surface area contributed by atoms with Crippen molar-refractivity contribution in [2.75, 3.05) is 0 Å². The van der Waals surface area contributed by atoms with Gasteiger partial charge in [0.25, 0.3) is 5.91 Å². The highest BCUT2D eigenvalue weighted by Crippen LogP contribution is 2.13. The minimum atomic E-state index is -0.343. The fourth-order valence-electron chi connectivity index (χ4n) is 1.08. The molecule has 0 bridgehead atoms. The van der Waals surface area contributed by atoms with E-state index in [0.717, 1.165) is 0 Å². The lowest BCUT2D eigenvalue weighted by molar-refractivity contribution is 0.0954. The van der Waals surface area contributed by atoms with Gasteiger partial charge in [0.2, 0.25) is 0 Å². The molecule has 13 heavy (non-hydrogen) atoms. The van der Waals surface area contributed by atoms with E-state index < -0.39 is 0 Å². The van der Waals surface area contributed by atoms with Gasteiger partial charge in [-0.3, -0.25) is 10.2 Å². The zero-order valence-electron chi connectivity index (χ0n) is 6.65. The maximum atomic E-state index is 11.1. The standard InChI is InChI=1S/C8H7N3O2/c9-11-8(12)5-1-2-7-6(3-5)10-4-13-7/h1-4H,9H2,(H,11,12). The Labute approximate surface area is 73.5 Å². The Bertz CT molecular complexity index is 449. The Morgan fingerprint density at radius 1 is 1.54 bits per heavy atom. The summed E-state index contributed by atoms with van der Waals surface area (Å²) in [7, 11) is 0. The highest BCUT2D eigenvalue weighted by molar-refractivity contribution is 5.96. The quantitative estimate of drug-likeness (QED) is 0.376. The van der Waals surface area contributed by atoms with Gasteiger partial charge in [0, 0.05) is 5.56 Å². The number of aromatic nitrogens is 1. The van der Waals surface area contributed by atoms with E-state index in [4.69, 9.17) is 10.3 Å². The molecular weight excluding hydrogens is 170 g/mol. The van der Waals surface area contributed by atoms with E-state index in [2.05, 4.69) is 4.98 Å². The van der Waals surface area contributed by atoms with Crippen molar-refractivity contribution in [3.8, 4) is 0 Å². The van der Waals surface area contributed by atoms with Crippen molar-refractivity contribution in [2.24, 2.45) is 5.84 Å². The first-order valence-electron chi connectivity index (χ1n) is 3.65. The number of nitrogens with two attached hydrogens (primary N) is 1. The largest absolute Gasteiger partial charge is 0.443 e. The van der Waals surface area contributed by atoms with Crippen LogP contribution in [0, 0.1) is 0 Å². The van der Waals surface area contributed by atoms with Crippen LogP contribution in [0.5, 0.6) is 0 Å². The maximum Gasteiger partial charge on any atom is 0.265 e. The number of hydrogen-bond donors (Lipinski definition) is 2. The molecule has 1 amide bonds. The Morgan fingerprint density at radius 2 is 2.38 bits per heavy atom. The first-order chi connectivity index (χ1) is 6.31. The number of amides is 1. The number of rotatable bonds is 1. The molecule has 0 aliphatic heterocycles. The lowest BCUT2D eigenvalue weighted by atomic mass is 10.2. The SMILES string of the molecule is NNC(=O)c1ccc2ocnc2c1. The van der Waals surface area contributed by atoms with Crippen molar-refractivity contribution < 1.29 is 9.21 Å². The third-order valence-electron chi connectivity index (χ3n) is 1.72. The number of benzene rings is 1. The van der Waals surface area contributed by atoms with Gasteiger partial charge in [0.05, 0.1) is 0 Å². The summed E-state index contributed by atoms with van der Waals surface area (Å²) in [4.78, 5) is 15.0. The topological polar surface area (TPSA) is 81.1 Å². The highest BCUT2D eigenvalue weighted by Gasteiger charge is 2.05. The molecule has 1 aromatic carbocycles. The lowest BCUT2D eigenvalue weighted by Gasteiger charge is -1.97. The first kappa shape index (κ1) is 7.75. The molecule has 2 rings (SSSR count). The fraction of sp³-hybridized carbons (Fsp3) is 0. The number of oxazole rings is 1. The zero-order chi connectivity index (χ0) is 9.26. The van der Waals surface area contributed by atoms with E-state index in [0.29, 0.717) is 16.7 Å². The van der Waals surface area contributed by atoms with E-state index in [-0.39, 0.29) is 5.91 Å². The van der Waals surface area contributed by atoms with Gasteiger partial charge < -0.3 is 4.42 Å². The smallest absolute Gasteiger partial charge is 0.265 e. The van der Waals surface area contributed by atoms with Crippen molar-refractivity contribution >= 4 is 17.0 Å². The molecule has 0 spiro atoms. The molecule has 5 nitrogen and oxygen atoms in total. The Morgan fingerprint density at radius 3 is 3.15 bits per heavy atom. The Balaban J connectivity index is 2.54. The molecule has 3 N–H and O–H groups in total. The van der Waals surface area contributed by atoms with Gasteiger partial charge in [0.15, 0.2) is 12.0 Å². The number of fused-ring (bicyclic) bond motifs is 1. The van der Waals surface area contributed by atoms with Crippen molar-refractivity contribution in [2.45, 2.75) is 0 Å². The highest BCUT2D eigenvalue weighted by atomic mass is 16.3. The van der Waals surface area contributed by atoms with Gasteiger partial charge in [-0.1, -0.05) is 0 Å². The van der Waals surface area contributed by atoms with Crippen molar-refractivity contribution in [1.29, 1.82) is 0 Å². The maximum absolute atomic E-state index is 11.1. The number of nitrogen functional groups attached to an aromatic ring is 1. The average Bonchev–Trinajstić information content (AvgIpc) is 2.63. The number of hydrazine groups is 1. The second kappa shape index (κ2) is 2.87. The zero-order valence-corrected chi connectivity index (χ0v) is 6.65. The van der Waals surface area contributed by atoms with Crippen LogP contribution in [0.15, 0.2) is 29.0 Å². The van der Waals surface area contributed by atoms with Gasteiger partial charge in [-0.2, -0.15) is 0 Å². The fourth-order valence-corrected chi connectivity index (χ4v) is 1.08. The van der Waals surface area contributed by atoms with Crippen LogP contribution in [-0.4, -0.2) is 10.9 Å². The van der Waals surface area contributed by atoms with Crippen LogP contribution in [0.4, 0.5) is 0 Å². The van der Waals surface area contributed by atoms with Crippen LogP contribution in [0.1, 0.15) is 10.4 Å². The minimum absolute atomic E-state index is 0.343. The molecule has 0 atom stereocenters. The summed E-state index contributed by atoms with van der Waals surface area (Å²) in [6.07, 6.45) is 1.33. The van der Waals surface area contributed by atoms with Gasteiger partial charge in [0.1, 0.15) is 5.52 Å². The van der Waals surface area contributed by atoms with Crippen LogP contribution in [-0.2, 0) is 0 Å². The number of hydrogen-bond acceptors (Lipinski definition) is 4. The number of carbonyl (C=O) groups is 1. The van der Waals surface area contributed by atoms with E-state index in [1.54, 1.807) is 18.2 Å². The summed E-state index contributed by atoms with van der Waals surface area (Å²) in [6, 6.07) is 4.91. The summed E-state index contributed by atoms with van der Waals surface area (Å²) in [6.45, 7) is 0. The summed E-state index contributed by atoms with van der Waals surface area (Å²) in [5, 5.41) is 0. The summed E-state index contributed by atoms with van der Waals surface area (Å²) >= 11 is 0. The predicted octanol–water partition coefficient (Wildman–Crippen LogP) is 0.431. The normalized spacial score (nSPS) is 10.2.